The molecule has 1 heterocycles. The van der Waals surface area contributed by atoms with E-state index >= 15 is 0 Å². The van der Waals surface area contributed by atoms with Crippen LogP contribution < -0.4 is 0 Å². The number of carbonyl (C=O) groups is 2. The number of hydrogen-bond acceptors (Lipinski definition) is 2. The first-order chi connectivity index (χ1) is 13.3. The summed E-state index contributed by atoms with van der Waals surface area (Å²) in [5, 5.41) is 0. The summed E-state index contributed by atoms with van der Waals surface area (Å²) in [6.07, 6.45) is -4.21. The zero-order valence-electron chi connectivity index (χ0n) is 14.9. The second kappa shape index (κ2) is 8.00. The topological polar surface area (TPSA) is 40.6 Å². The van der Waals surface area contributed by atoms with E-state index in [1.54, 1.807) is 0 Å². The van der Waals surface area contributed by atoms with Crippen molar-refractivity contribution in [2.75, 3.05) is 26.2 Å². The van der Waals surface area contributed by atoms with E-state index in [0.717, 1.165) is 18.2 Å². The second-order valence-corrected chi connectivity index (χ2v) is 6.49. The molecule has 8 heteroatoms. The molecule has 2 amide bonds. The highest BCUT2D eigenvalue weighted by Crippen LogP contribution is 2.32. The molecular formula is C20H18F4N2O2. The van der Waals surface area contributed by atoms with Crippen molar-refractivity contribution in [2.24, 2.45) is 0 Å². The fourth-order valence-electron chi connectivity index (χ4n) is 3.21. The lowest BCUT2D eigenvalue weighted by Crippen LogP contribution is -2.38. The molecule has 148 valence electrons. The van der Waals surface area contributed by atoms with Crippen molar-refractivity contribution in [3.8, 4) is 0 Å². The second-order valence-electron chi connectivity index (χ2n) is 6.49. The van der Waals surface area contributed by atoms with Crippen molar-refractivity contribution in [3.05, 3.63) is 71.0 Å². The fraction of sp³-hybridized carbons (Fsp3) is 0.300. The van der Waals surface area contributed by atoms with Gasteiger partial charge in [0.2, 0.25) is 0 Å². The number of amides is 2. The lowest BCUT2D eigenvalue weighted by Gasteiger charge is -2.23. The smallest absolute Gasteiger partial charge is 0.337 e. The first kappa shape index (κ1) is 19.9. The van der Waals surface area contributed by atoms with Gasteiger partial charge in [0.1, 0.15) is 5.82 Å². The van der Waals surface area contributed by atoms with Crippen molar-refractivity contribution < 1.29 is 27.2 Å². The molecule has 4 nitrogen and oxygen atoms in total. The third kappa shape index (κ3) is 4.32. The minimum Gasteiger partial charge on any atom is -0.337 e. The van der Waals surface area contributed by atoms with E-state index in [1.165, 1.54) is 40.1 Å². The Hall–Kier alpha value is -2.90. The van der Waals surface area contributed by atoms with Crippen LogP contribution in [0.25, 0.3) is 0 Å². The highest BCUT2D eigenvalue weighted by atomic mass is 19.4. The van der Waals surface area contributed by atoms with E-state index in [4.69, 9.17) is 0 Å². The van der Waals surface area contributed by atoms with E-state index in [-0.39, 0.29) is 31.1 Å². The molecule has 1 saturated heterocycles. The quantitative estimate of drug-likeness (QED) is 0.727. The Morgan fingerprint density at radius 2 is 1.46 bits per heavy atom. The summed E-state index contributed by atoms with van der Waals surface area (Å²) >= 11 is 0. The molecule has 0 aliphatic carbocycles. The summed E-state index contributed by atoms with van der Waals surface area (Å²) in [6.45, 7) is 0.833. The molecule has 2 aromatic rings. The standard InChI is InChI=1S/C20H18F4N2O2/c21-15-6-3-5-14(13-15)18(27)25-9-4-10-26(12-11-25)19(28)16-7-1-2-8-17(16)20(22,23)24/h1-3,5-8,13H,4,9-12H2. The number of alkyl halides is 3. The molecule has 0 N–H and O–H groups in total. The summed E-state index contributed by atoms with van der Waals surface area (Å²) < 4.78 is 52.9. The van der Waals surface area contributed by atoms with Gasteiger partial charge in [0.25, 0.3) is 11.8 Å². The zero-order valence-corrected chi connectivity index (χ0v) is 14.9. The number of nitrogens with zero attached hydrogens (tertiary/aromatic N) is 2. The maximum atomic E-state index is 13.3. The Morgan fingerprint density at radius 1 is 0.821 bits per heavy atom. The van der Waals surface area contributed by atoms with Gasteiger partial charge in [-0.25, -0.2) is 4.39 Å². The van der Waals surface area contributed by atoms with E-state index in [1.807, 2.05) is 0 Å². The molecular weight excluding hydrogens is 376 g/mol. The van der Waals surface area contributed by atoms with Crippen LogP contribution in [0.15, 0.2) is 48.5 Å². The summed E-state index contributed by atoms with van der Waals surface area (Å²) in [5.41, 5.74) is -1.18. The molecule has 0 aromatic heterocycles. The SMILES string of the molecule is O=C(c1cccc(F)c1)N1CCCN(C(=O)c2ccccc2C(F)(F)F)CC1. The molecule has 1 fully saturated rings. The van der Waals surface area contributed by atoms with Crippen LogP contribution in [0, 0.1) is 5.82 Å². The Balaban J connectivity index is 1.74. The van der Waals surface area contributed by atoms with Gasteiger partial charge >= 0.3 is 6.18 Å². The van der Waals surface area contributed by atoms with Gasteiger partial charge in [0, 0.05) is 31.7 Å². The van der Waals surface area contributed by atoms with Gasteiger partial charge in [-0.15, -0.1) is 0 Å². The maximum Gasteiger partial charge on any atom is 0.417 e. The molecule has 0 bridgehead atoms. The van der Waals surface area contributed by atoms with E-state index < -0.39 is 29.0 Å². The van der Waals surface area contributed by atoms with Crippen molar-refractivity contribution in [2.45, 2.75) is 12.6 Å². The van der Waals surface area contributed by atoms with Crippen molar-refractivity contribution in [1.29, 1.82) is 0 Å². The predicted octanol–water partition coefficient (Wildman–Crippen LogP) is 3.83. The average Bonchev–Trinajstić information content (AvgIpc) is 2.92. The van der Waals surface area contributed by atoms with Crippen LogP contribution >= 0.6 is 0 Å². The van der Waals surface area contributed by atoms with Crippen LogP contribution in [0.4, 0.5) is 17.6 Å². The number of benzene rings is 2. The molecule has 2 aromatic carbocycles. The van der Waals surface area contributed by atoms with Crippen molar-refractivity contribution in [1.82, 2.24) is 9.80 Å². The third-order valence-corrected chi connectivity index (χ3v) is 4.60. The van der Waals surface area contributed by atoms with E-state index in [9.17, 15) is 27.2 Å². The van der Waals surface area contributed by atoms with Gasteiger partial charge in [-0.05, 0) is 36.8 Å². The van der Waals surface area contributed by atoms with Crippen LogP contribution in [0.3, 0.4) is 0 Å². The molecule has 0 spiro atoms. The fourth-order valence-corrected chi connectivity index (χ4v) is 3.21. The molecule has 3 rings (SSSR count). The molecule has 0 radical (unpaired) electrons. The number of carbonyl (C=O) groups excluding carboxylic acids is 2. The Kier molecular flexibility index (Phi) is 5.67. The molecule has 0 saturated carbocycles. The Morgan fingerprint density at radius 3 is 2.11 bits per heavy atom. The van der Waals surface area contributed by atoms with Crippen LogP contribution in [0.5, 0.6) is 0 Å². The molecule has 1 aliphatic heterocycles. The van der Waals surface area contributed by atoms with Gasteiger partial charge in [-0.3, -0.25) is 9.59 Å². The van der Waals surface area contributed by atoms with Crippen LogP contribution in [0.2, 0.25) is 0 Å². The minimum absolute atomic E-state index is 0.103. The molecule has 0 atom stereocenters. The van der Waals surface area contributed by atoms with Gasteiger partial charge in [0.15, 0.2) is 0 Å². The zero-order chi connectivity index (χ0) is 20.3. The third-order valence-electron chi connectivity index (χ3n) is 4.60. The molecule has 0 unspecified atom stereocenters. The lowest BCUT2D eigenvalue weighted by atomic mass is 10.1. The highest BCUT2D eigenvalue weighted by Gasteiger charge is 2.36. The maximum absolute atomic E-state index is 13.3. The van der Waals surface area contributed by atoms with Crippen LogP contribution in [-0.4, -0.2) is 47.8 Å². The predicted molar refractivity (Wildman–Crippen MR) is 94.3 cm³/mol. The van der Waals surface area contributed by atoms with Crippen LogP contribution in [-0.2, 0) is 6.18 Å². The lowest BCUT2D eigenvalue weighted by molar-refractivity contribution is -0.138. The van der Waals surface area contributed by atoms with Gasteiger partial charge in [-0.1, -0.05) is 18.2 Å². The van der Waals surface area contributed by atoms with E-state index in [2.05, 4.69) is 0 Å². The summed E-state index contributed by atoms with van der Waals surface area (Å²) in [5.74, 6) is -1.61. The number of halogens is 4. The van der Waals surface area contributed by atoms with Gasteiger partial charge in [-0.2, -0.15) is 13.2 Å². The first-order valence-electron chi connectivity index (χ1n) is 8.78. The summed E-state index contributed by atoms with van der Waals surface area (Å²) in [7, 11) is 0. The van der Waals surface area contributed by atoms with Gasteiger partial charge < -0.3 is 9.80 Å². The van der Waals surface area contributed by atoms with Gasteiger partial charge in [0.05, 0.1) is 11.1 Å². The first-order valence-corrected chi connectivity index (χ1v) is 8.78. The van der Waals surface area contributed by atoms with E-state index in [0.29, 0.717) is 13.0 Å². The number of hydrogen-bond donors (Lipinski definition) is 0. The minimum atomic E-state index is -4.63. The normalized spacial score (nSPS) is 15.3. The monoisotopic (exact) mass is 394 g/mol. The van der Waals surface area contributed by atoms with Crippen LogP contribution in [0.1, 0.15) is 32.7 Å². The largest absolute Gasteiger partial charge is 0.417 e. The Bertz CT molecular complexity index is 883. The Labute approximate surface area is 159 Å². The molecule has 28 heavy (non-hydrogen) atoms. The molecule has 1 aliphatic rings. The highest BCUT2D eigenvalue weighted by molar-refractivity contribution is 5.96. The summed E-state index contributed by atoms with van der Waals surface area (Å²) in [4.78, 5) is 28.0. The average molecular weight is 394 g/mol. The van der Waals surface area contributed by atoms with Crippen molar-refractivity contribution in [3.63, 3.8) is 0 Å². The summed E-state index contributed by atoms with van der Waals surface area (Å²) in [6, 6.07) is 9.97. The van der Waals surface area contributed by atoms with Crippen molar-refractivity contribution >= 4 is 11.8 Å². The number of rotatable bonds is 2.